The fraction of sp³-hybridized carbons (Fsp3) is 0.111. The van der Waals surface area contributed by atoms with Gasteiger partial charge in [-0.2, -0.15) is 0 Å². The van der Waals surface area contributed by atoms with Gasteiger partial charge in [-0.15, -0.1) is 0 Å². The van der Waals surface area contributed by atoms with Crippen molar-refractivity contribution >= 4 is 23.1 Å². The monoisotopic (exact) mass is 324 g/mol. The molecule has 1 aromatic heterocycles. The van der Waals surface area contributed by atoms with Crippen LogP contribution in [-0.2, 0) is 11.4 Å². The molecule has 2 aromatic carbocycles. The lowest BCUT2D eigenvalue weighted by Crippen LogP contribution is -1.99. The largest absolute Gasteiger partial charge is 0.493 e. The van der Waals surface area contributed by atoms with E-state index in [1.807, 2.05) is 24.3 Å². The molecule has 3 rings (SSSR count). The van der Waals surface area contributed by atoms with Crippen LogP contribution < -0.4 is 9.47 Å². The first-order chi connectivity index (χ1) is 11.7. The van der Waals surface area contributed by atoms with Gasteiger partial charge in [0.15, 0.2) is 11.5 Å². The van der Waals surface area contributed by atoms with Gasteiger partial charge < -0.3 is 19.6 Å². The number of aromatic amines is 1. The number of carboxylic acids is 1. The average Bonchev–Trinajstić information content (AvgIpc) is 3.01. The minimum Gasteiger partial charge on any atom is -0.493 e. The van der Waals surface area contributed by atoms with E-state index in [9.17, 15) is 4.79 Å². The smallest absolute Gasteiger partial charge is 0.328 e. The Bertz CT molecular complexity index is 866. The van der Waals surface area contributed by atoms with Crippen LogP contribution in [0.1, 0.15) is 11.4 Å². The molecular formula is C18H16N2O4. The van der Waals surface area contributed by atoms with Gasteiger partial charge in [-0.05, 0) is 35.9 Å². The molecule has 0 atom stereocenters. The summed E-state index contributed by atoms with van der Waals surface area (Å²) in [7, 11) is 1.55. The number of para-hydroxylation sites is 2. The summed E-state index contributed by atoms with van der Waals surface area (Å²) in [6.07, 6.45) is 2.57. The van der Waals surface area contributed by atoms with Gasteiger partial charge >= 0.3 is 5.97 Å². The third-order valence-corrected chi connectivity index (χ3v) is 3.41. The molecule has 0 radical (unpaired) electrons. The van der Waals surface area contributed by atoms with Gasteiger partial charge in [0.25, 0.3) is 0 Å². The Morgan fingerprint density at radius 2 is 2.08 bits per heavy atom. The fourth-order valence-electron chi connectivity index (χ4n) is 2.30. The van der Waals surface area contributed by atoms with Crippen molar-refractivity contribution in [2.75, 3.05) is 7.11 Å². The molecule has 0 saturated carbocycles. The van der Waals surface area contributed by atoms with Crippen LogP contribution in [0.25, 0.3) is 17.1 Å². The molecule has 24 heavy (non-hydrogen) atoms. The van der Waals surface area contributed by atoms with Crippen molar-refractivity contribution in [3.05, 3.63) is 59.9 Å². The molecule has 1 heterocycles. The number of rotatable bonds is 6. The van der Waals surface area contributed by atoms with Crippen molar-refractivity contribution < 1.29 is 19.4 Å². The Balaban J connectivity index is 1.79. The molecule has 0 unspecified atom stereocenters. The predicted octanol–water partition coefficient (Wildman–Crippen LogP) is 3.25. The maximum absolute atomic E-state index is 10.6. The second-order valence-electron chi connectivity index (χ2n) is 5.07. The van der Waals surface area contributed by atoms with Crippen LogP contribution in [0.4, 0.5) is 0 Å². The molecule has 0 amide bonds. The Morgan fingerprint density at radius 3 is 2.83 bits per heavy atom. The summed E-state index contributed by atoms with van der Waals surface area (Å²) >= 11 is 0. The Kier molecular flexibility index (Phi) is 4.47. The Morgan fingerprint density at radius 1 is 1.25 bits per heavy atom. The van der Waals surface area contributed by atoms with E-state index in [2.05, 4.69) is 9.97 Å². The number of aliphatic carboxylic acids is 1. The summed E-state index contributed by atoms with van der Waals surface area (Å²) in [6.45, 7) is 0.247. The molecule has 0 spiro atoms. The van der Waals surface area contributed by atoms with Crippen molar-refractivity contribution in [2.45, 2.75) is 6.61 Å². The van der Waals surface area contributed by atoms with Crippen LogP contribution in [0.3, 0.4) is 0 Å². The molecule has 6 heteroatoms. The second-order valence-corrected chi connectivity index (χ2v) is 5.07. The zero-order chi connectivity index (χ0) is 16.9. The first-order valence-electron chi connectivity index (χ1n) is 7.31. The van der Waals surface area contributed by atoms with E-state index in [4.69, 9.17) is 14.6 Å². The van der Waals surface area contributed by atoms with E-state index in [-0.39, 0.29) is 6.61 Å². The number of benzene rings is 2. The van der Waals surface area contributed by atoms with Crippen LogP contribution in [0.5, 0.6) is 11.5 Å². The molecule has 0 saturated heterocycles. The first-order valence-corrected chi connectivity index (χ1v) is 7.31. The number of carboxylic acid groups (broad SMARTS) is 1. The van der Waals surface area contributed by atoms with Gasteiger partial charge in [0.2, 0.25) is 0 Å². The molecule has 3 aromatic rings. The van der Waals surface area contributed by atoms with Crippen LogP contribution >= 0.6 is 0 Å². The lowest BCUT2D eigenvalue weighted by molar-refractivity contribution is -0.131. The molecule has 0 aliphatic carbocycles. The zero-order valence-electron chi connectivity index (χ0n) is 13.0. The van der Waals surface area contributed by atoms with Crippen LogP contribution in [0.15, 0.2) is 48.5 Å². The number of ether oxygens (including phenoxy) is 2. The predicted molar refractivity (Wildman–Crippen MR) is 90.1 cm³/mol. The number of nitrogens with zero attached hydrogens (tertiary/aromatic N) is 1. The third kappa shape index (κ3) is 3.55. The number of aromatic nitrogens is 2. The topological polar surface area (TPSA) is 84.4 Å². The van der Waals surface area contributed by atoms with Gasteiger partial charge in [0.1, 0.15) is 12.4 Å². The van der Waals surface area contributed by atoms with E-state index in [1.54, 1.807) is 25.3 Å². The van der Waals surface area contributed by atoms with Gasteiger partial charge in [-0.1, -0.05) is 18.2 Å². The highest BCUT2D eigenvalue weighted by Gasteiger charge is 2.08. The number of imidazole rings is 1. The molecule has 2 N–H and O–H groups in total. The van der Waals surface area contributed by atoms with Gasteiger partial charge in [0.05, 0.1) is 18.1 Å². The molecule has 122 valence electrons. The van der Waals surface area contributed by atoms with E-state index in [0.29, 0.717) is 22.9 Å². The average molecular weight is 324 g/mol. The Labute approximate surface area is 138 Å². The molecular weight excluding hydrogens is 308 g/mol. The van der Waals surface area contributed by atoms with Gasteiger partial charge in [-0.25, -0.2) is 9.78 Å². The molecule has 0 bridgehead atoms. The summed E-state index contributed by atoms with van der Waals surface area (Å²) in [5, 5.41) is 8.71. The molecule has 0 aliphatic heterocycles. The SMILES string of the molecule is COc1ccc(C=CC(=O)O)cc1OCc1nc2ccccc2[nH]1. The van der Waals surface area contributed by atoms with Crippen molar-refractivity contribution in [2.24, 2.45) is 0 Å². The fourth-order valence-corrected chi connectivity index (χ4v) is 2.30. The Hall–Kier alpha value is -3.28. The number of carbonyl (C=O) groups is 1. The van der Waals surface area contributed by atoms with Gasteiger partial charge in [0, 0.05) is 6.08 Å². The normalized spacial score (nSPS) is 11.0. The van der Waals surface area contributed by atoms with E-state index >= 15 is 0 Å². The van der Waals surface area contributed by atoms with E-state index in [0.717, 1.165) is 17.1 Å². The number of fused-ring (bicyclic) bond motifs is 1. The third-order valence-electron chi connectivity index (χ3n) is 3.41. The molecule has 6 nitrogen and oxygen atoms in total. The van der Waals surface area contributed by atoms with Crippen molar-refractivity contribution in [3.8, 4) is 11.5 Å². The number of nitrogens with one attached hydrogen (secondary N) is 1. The van der Waals surface area contributed by atoms with Gasteiger partial charge in [-0.3, -0.25) is 0 Å². The standard InChI is InChI=1S/C18H16N2O4/c1-23-15-8-6-12(7-9-18(21)22)10-16(15)24-11-17-19-13-4-2-3-5-14(13)20-17/h2-10H,11H2,1H3,(H,19,20)(H,21,22). The van der Waals surface area contributed by atoms with E-state index in [1.165, 1.54) is 6.08 Å². The number of hydrogen-bond donors (Lipinski definition) is 2. The number of hydrogen-bond acceptors (Lipinski definition) is 4. The van der Waals surface area contributed by atoms with Crippen LogP contribution in [0, 0.1) is 0 Å². The summed E-state index contributed by atoms with van der Waals surface area (Å²) in [4.78, 5) is 18.3. The number of H-pyrrole nitrogens is 1. The van der Waals surface area contributed by atoms with Crippen LogP contribution in [0.2, 0.25) is 0 Å². The van der Waals surface area contributed by atoms with Crippen molar-refractivity contribution in [1.29, 1.82) is 0 Å². The minimum absolute atomic E-state index is 0.247. The number of methoxy groups -OCH3 is 1. The molecule has 0 fully saturated rings. The summed E-state index contributed by atoms with van der Waals surface area (Å²) < 4.78 is 11.1. The maximum atomic E-state index is 10.6. The summed E-state index contributed by atoms with van der Waals surface area (Å²) in [5.74, 6) is 0.782. The highest BCUT2D eigenvalue weighted by atomic mass is 16.5. The highest BCUT2D eigenvalue weighted by molar-refractivity contribution is 5.85. The minimum atomic E-state index is -1.00. The second kappa shape index (κ2) is 6.87. The van der Waals surface area contributed by atoms with E-state index < -0.39 is 5.97 Å². The van der Waals surface area contributed by atoms with Crippen molar-refractivity contribution in [1.82, 2.24) is 9.97 Å². The lowest BCUT2D eigenvalue weighted by Gasteiger charge is -2.10. The highest BCUT2D eigenvalue weighted by Crippen LogP contribution is 2.29. The van der Waals surface area contributed by atoms with Crippen LogP contribution in [-0.4, -0.2) is 28.2 Å². The lowest BCUT2D eigenvalue weighted by atomic mass is 10.2. The molecule has 0 aliphatic rings. The summed E-state index contributed by atoms with van der Waals surface area (Å²) in [6, 6.07) is 12.9. The van der Waals surface area contributed by atoms with Crippen molar-refractivity contribution in [3.63, 3.8) is 0 Å². The zero-order valence-corrected chi connectivity index (χ0v) is 13.0. The quantitative estimate of drug-likeness (QED) is 0.680. The summed E-state index contributed by atoms with van der Waals surface area (Å²) in [5.41, 5.74) is 2.53. The first kappa shape index (κ1) is 15.6. The maximum Gasteiger partial charge on any atom is 0.328 e.